The van der Waals surface area contributed by atoms with Crippen LogP contribution in [0.15, 0.2) is 48.8 Å². The summed E-state index contributed by atoms with van der Waals surface area (Å²) in [4.78, 5) is 4.05. The molecule has 2 nitrogen and oxygen atoms in total. The molecule has 0 saturated heterocycles. The highest BCUT2D eigenvalue weighted by atomic mass is 16.3. The quantitative estimate of drug-likeness (QED) is 0.870. The zero-order valence-corrected chi connectivity index (χ0v) is 10.0. The summed E-state index contributed by atoms with van der Waals surface area (Å²) in [5, 5.41) is 10.00. The fourth-order valence-corrected chi connectivity index (χ4v) is 1.86. The van der Waals surface area contributed by atoms with Gasteiger partial charge in [0.05, 0.1) is 6.10 Å². The van der Waals surface area contributed by atoms with Crippen molar-refractivity contribution >= 4 is 0 Å². The van der Waals surface area contributed by atoms with E-state index < -0.39 is 0 Å². The Labute approximate surface area is 102 Å². The maximum atomic E-state index is 10.00. The van der Waals surface area contributed by atoms with Crippen molar-refractivity contribution in [1.82, 2.24) is 4.98 Å². The Balaban J connectivity index is 1.93. The average Bonchev–Trinajstić information content (AvgIpc) is 2.33. The number of aliphatic hydroxyl groups excluding tert-OH is 1. The summed E-state index contributed by atoms with van der Waals surface area (Å²) in [7, 11) is 0. The monoisotopic (exact) mass is 227 g/mol. The molecule has 1 atom stereocenters. The lowest BCUT2D eigenvalue weighted by Crippen LogP contribution is -2.13. The number of aryl methyl sites for hydroxylation is 1. The van der Waals surface area contributed by atoms with E-state index in [0.29, 0.717) is 12.8 Å². The van der Waals surface area contributed by atoms with Crippen LogP contribution >= 0.6 is 0 Å². The molecular formula is C15H17NO. The number of rotatable bonds is 4. The first-order valence-electron chi connectivity index (χ1n) is 5.86. The molecule has 0 amide bonds. The van der Waals surface area contributed by atoms with Gasteiger partial charge in [0.15, 0.2) is 0 Å². The van der Waals surface area contributed by atoms with Crippen molar-refractivity contribution in [2.45, 2.75) is 25.9 Å². The highest BCUT2D eigenvalue weighted by Gasteiger charge is 2.06. The zero-order chi connectivity index (χ0) is 12.1. The molecule has 0 saturated carbocycles. The lowest BCUT2D eigenvalue weighted by atomic mass is 10.0. The van der Waals surface area contributed by atoms with Crippen molar-refractivity contribution in [2.75, 3.05) is 0 Å². The highest BCUT2D eigenvalue weighted by Crippen LogP contribution is 2.09. The fourth-order valence-electron chi connectivity index (χ4n) is 1.86. The van der Waals surface area contributed by atoms with Crippen molar-refractivity contribution in [3.8, 4) is 0 Å². The summed E-state index contributed by atoms with van der Waals surface area (Å²) < 4.78 is 0. The highest BCUT2D eigenvalue weighted by molar-refractivity contribution is 5.22. The molecule has 1 heterocycles. The van der Waals surface area contributed by atoms with Crippen molar-refractivity contribution in [3.05, 3.63) is 65.5 Å². The van der Waals surface area contributed by atoms with Crippen molar-refractivity contribution in [2.24, 2.45) is 0 Å². The fraction of sp³-hybridized carbons (Fsp3) is 0.267. The molecule has 0 aliphatic rings. The second kappa shape index (κ2) is 5.60. The number of benzene rings is 1. The summed E-state index contributed by atoms with van der Waals surface area (Å²) in [6.45, 7) is 2.07. The molecule has 2 heteroatoms. The van der Waals surface area contributed by atoms with Gasteiger partial charge in [0.25, 0.3) is 0 Å². The van der Waals surface area contributed by atoms with Crippen molar-refractivity contribution in [1.29, 1.82) is 0 Å². The Kier molecular flexibility index (Phi) is 3.89. The normalized spacial score (nSPS) is 12.4. The number of aromatic nitrogens is 1. The smallest absolute Gasteiger partial charge is 0.0621 e. The number of pyridine rings is 1. The van der Waals surface area contributed by atoms with Gasteiger partial charge < -0.3 is 5.11 Å². The Bertz CT molecular complexity index is 450. The molecule has 2 rings (SSSR count). The summed E-state index contributed by atoms with van der Waals surface area (Å²) >= 11 is 0. The van der Waals surface area contributed by atoms with E-state index in [4.69, 9.17) is 0 Å². The molecule has 2 aromatic rings. The standard InChI is InChI=1S/C15H17NO/c1-12-4-6-13(7-5-12)9-15(17)10-14-3-2-8-16-11-14/h2-8,11,15,17H,9-10H2,1H3. The third-order valence-electron chi connectivity index (χ3n) is 2.79. The van der Waals surface area contributed by atoms with Gasteiger partial charge >= 0.3 is 0 Å². The van der Waals surface area contributed by atoms with E-state index in [2.05, 4.69) is 36.2 Å². The predicted molar refractivity (Wildman–Crippen MR) is 68.8 cm³/mol. The summed E-state index contributed by atoms with van der Waals surface area (Å²) in [6, 6.07) is 12.2. The molecule has 1 aromatic heterocycles. The molecule has 0 aliphatic carbocycles. The average molecular weight is 227 g/mol. The minimum Gasteiger partial charge on any atom is -0.392 e. The SMILES string of the molecule is Cc1ccc(CC(O)Cc2cccnc2)cc1. The van der Waals surface area contributed by atoms with E-state index in [1.54, 1.807) is 12.4 Å². The number of hydrogen-bond acceptors (Lipinski definition) is 2. The van der Waals surface area contributed by atoms with Crippen LogP contribution in [0.2, 0.25) is 0 Å². The largest absolute Gasteiger partial charge is 0.392 e. The van der Waals surface area contributed by atoms with Gasteiger partial charge in [-0.1, -0.05) is 35.9 Å². The lowest BCUT2D eigenvalue weighted by Gasteiger charge is -2.10. The van der Waals surface area contributed by atoms with Gasteiger partial charge in [-0.3, -0.25) is 4.98 Å². The van der Waals surface area contributed by atoms with Crippen molar-refractivity contribution in [3.63, 3.8) is 0 Å². The van der Waals surface area contributed by atoms with Crippen LogP contribution in [-0.4, -0.2) is 16.2 Å². The van der Waals surface area contributed by atoms with Crippen LogP contribution in [0.4, 0.5) is 0 Å². The van der Waals surface area contributed by atoms with Gasteiger partial charge in [-0.05, 0) is 30.5 Å². The first-order chi connectivity index (χ1) is 8.24. The van der Waals surface area contributed by atoms with Gasteiger partial charge in [0, 0.05) is 18.8 Å². The molecule has 1 N–H and O–H groups in total. The van der Waals surface area contributed by atoms with Crippen LogP contribution < -0.4 is 0 Å². The Morgan fingerprint density at radius 1 is 1.06 bits per heavy atom. The van der Waals surface area contributed by atoms with Gasteiger partial charge in [0.1, 0.15) is 0 Å². The van der Waals surface area contributed by atoms with E-state index in [1.807, 2.05) is 12.1 Å². The summed E-state index contributed by atoms with van der Waals surface area (Å²) in [5.74, 6) is 0. The second-order valence-electron chi connectivity index (χ2n) is 4.41. The topological polar surface area (TPSA) is 33.1 Å². The minimum atomic E-state index is -0.345. The zero-order valence-electron chi connectivity index (χ0n) is 10.0. The third kappa shape index (κ3) is 3.68. The van der Waals surface area contributed by atoms with Crippen LogP contribution in [-0.2, 0) is 12.8 Å². The minimum absolute atomic E-state index is 0.345. The molecular weight excluding hydrogens is 210 g/mol. The maximum Gasteiger partial charge on any atom is 0.0621 e. The number of nitrogens with zero attached hydrogens (tertiary/aromatic N) is 1. The van der Waals surface area contributed by atoms with Crippen LogP contribution in [0.25, 0.3) is 0 Å². The lowest BCUT2D eigenvalue weighted by molar-refractivity contribution is 0.175. The predicted octanol–water partition coefficient (Wildman–Crippen LogP) is 2.54. The van der Waals surface area contributed by atoms with Crippen LogP contribution in [0, 0.1) is 6.92 Å². The molecule has 0 bridgehead atoms. The van der Waals surface area contributed by atoms with Gasteiger partial charge in [0.2, 0.25) is 0 Å². The Morgan fingerprint density at radius 3 is 2.41 bits per heavy atom. The van der Waals surface area contributed by atoms with E-state index in [0.717, 1.165) is 5.56 Å². The molecule has 0 fully saturated rings. The van der Waals surface area contributed by atoms with Crippen LogP contribution in [0.1, 0.15) is 16.7 Å². The molecule has 88 valence electrons. The number of hydrogen-bond donors (Lipinski definition) is 1. The van der Waals surface area contributed by atoms with E-state index >= 15 is 0 Å². The third-order valence-corrected chi connectivity index (χ3v) is 2.79. The van der Waals surface area contributed by atoms with Gasteiger partial charge in [-0.25, -0.2) is 0 Å². The Morgan fingerprint density at radius 2 is 1.76 bits per heavy atom. The summed E-state index contributed by atoms with van der Waals surface area (Å²) in [5.41, 5.74) is 3.50. The first kappa shape index (κ1) is 11.8. The molecule has 1 unspecified atom stereocenters. The van der Waals surface area contributed by atoms with Crippen LogP contribution in [0.3, 0.4) is 0 Å². The molecule has 1 aromatic carbocycles. The van der Waals surface area contributed by atoms with Gasteiger partial charge in [-0.2, -0.15) is 0 Å². The van der Waals surface area contributed by atoms with E-state index in [9.17, 15) is 5.11 Å². The van der Waals surface area contributed by atoms with E-state index in [1.165, 1.54) is 11.1 Å². The Hall–Kier alpha value is -1.67. The second-order valence-corrected chi connectivity index (χ2v) is 4.41. The van der Waals surface area contributed by atoms with Gasteiger partial charge in [-0.15, -0.1) is 0 Å². The molecule has 0 spiro atoms. The first-order valence-corrected chi connectivity index (χ1v) is 5.86. The van der Waals surface area contributed by atoms with Crippen molar-refractivity contribution < 1.29 is 5.11 Å². The molecule has 17 heavy (non-hydrogen) atoms. The maximum absolute atomic E-state index is 10.00. The summed E-state index contributed by atoms with van der Waals surface area (Å²) in [6.07, 6.45) is 4.55. The number of aliphatic hydroxyl groups is 1. The molecule has 0 radical (unpaired) electrons. The molecule has 0 aliphatic heterocycles. The van der Waals surface area contributed by atoms with Crippen LogP contribution in [0.5, 0.6) is 0 Å². The van der Waals surface area contributed by atoms with E-state index in [-0.39, 0.29) is 6.10 Å².